The van der Waals surface area contributed by atoms with E-state index in [0.29, 0.717) is 17.1 Å². The molecule has 1 amide bonds. The number of hydrogen-bond acceptors (Lipinski definition) is 5. The summed E-state index contributed by atoms with van der Waals surface area (Å²) in [7, 11) is 1.31. The number of rotatable bonds is 6. The van der Waals surface area contributed by atoms with E-state index in [1.165, 1.54) is 7.11 Å². The van der Waals surface area contributed by atoms with Crippen LogP contribution >= 0.6 is 12.4 Å². The van der Waals surface area contributed by atoms with E-state index in [2.05, 4.69) is 10.1 Å². The van der Waals surface area contributed by atoms with E-state index >= 15 is 0 Å². The third kappa shape index (κ3) is 5.08. The summed E-state index contributed by atoms with van der Waals surface area (Å²) in [6.07, 6.45) is 0. The Hall–Kier alpha value is -2.31. The maximum Gasteiger partial charge on any atom is 0.341 e. The monoisotopic (exact) mass is 366 g/mol. The molecule has 0 saturated heterocycles. The molecular formula is C18H23ClN2O4. The molecule has 1 heterocycles. The first kappa shape index (κ1) is 20.7. The zero-order valence-electron chi connectivity index (χ0n) is 14.4. The van der Waals surface area contributed by atoms with Crippen molar-refractivity contribution in [2.45, 2.75) is 26.4 Å². The minimum Gasteiger partial charge on any atom is -0.465 e. The van der Waals surface area contributed by atoms with Crippen molar-refractivity contribution < 1.29 is 18.7 Å². The van der Waals surface area contributed by atoms with Crippen molar-refractivity contribution in [3.8, 4) is 0 Å². The summed E-state index contributed by atoms with van der Waals surface area (Å²) >= 11 is 0. The van der Waals surface area contributed by atoms with Gasteiger partial charge in [-0.2, -0.15) is 0 Å². The van der Waals surface area contributed by atoms with Crippen LogP contribution in [0.5, 0.6) is 0 Å². The minimum atomic E-state index is -0.465. The highest BCUT2D eigenvalue weighted by Crippen LogP contribution is 2.20. The van der Waals surface area contributed by atoms with E-state index in [0.717, 1.165) is 5.56 Å². The van der Waals surface area contributed by atoms with Crippen LogP contribution in [0.25, 0.3) is 0 Å². The Morgan fingerprint density at radius 1 is 1.28 bits per heavy atom. The lowest BCUT2D eigenvalue weighted by Gasteiger charge is -2.19. The number of amides is 1. The molecule has 1 aromatic heterocycles. The second-order valence-electron chi connectivity index (χ2n) is 5.62. The summed E-state index contributed by atoms with van der Waals surface area (Å²) in [4.78, 5) is 23.8. The summed E-state index contributed by atoms with van der Waals surface area (Å²) < 4.78 is 10.1. The number of nitrogens with two attached hydrogens (primary N) is 1. The van der Waals surface area contributed by atoms with Crippen LogP contribution in [0.15, 0.2) is 40.8 Å². The maximum absolute atomic E-state index is 12.3. The number of ether oxygens (including phenoxy) is 1. The van der Waals surface area contributed by atoms with Crippen LogP contribution in [0, 0.1) is 12.8 Å². The summed E-state index contributed by atoms with van der Waals surface area (Å²) in [6.45, 7) is 3.63. The van der Waals surface area contributed by atoms with Gasteiger partial charge in [0.25, 0.3) is 0 Å². The molecule has 2 unspecified atom stereocenters. The van der Waals surface area contributed by atoms with Crippen LogP contribution in [-0.4, -0.2) is 19.0 Å². The number of hydrogen-bond donors (Lipinski definition) is 2. The van der Waals surface area contributed by atoms with Crippen LogP contribution in [-0.2, 0) is 16.1 Å². The molecule has 0 radical (unpaired) electrons. The third-order valence-corrected chi connectivity index (χ3v) is 3.95. The second-order valence-corrected chi connectivity index (χ2v) is 5.62. The molecule has 0 aliphatic heterocycles. The third-order valence-electron chi connectivity index (χ3n) is 3.95. The van der Waals surface area contributed by atoms with Gasteiger partial charge in [-0.1, -0.05) is 37.3 Å². The van der Waals surface area contributed by atoms with Gasteiger partial charge >= 0.3 is 5.97 Å². The summed E-state index contributed by atoms with van der Waals surface area (Å²) in [6, 6.07) is 10.7. The molecule has 7 heteroatoms. The Balaban J connectivity index is 0.00000312. The van der Waals surface area contributed by atoms with Crippen molar-refractivity contribution in [3.63, 3.8) is 0 Å². The molecular weight excluding hydrogens is 344 g/mol. The van der Waals surface area contributed by atoms with Gasteiger partial charge < -0.3 is 20.2 Å². The average molecular weight is 367 g/mol. The zero-order chi connectivity index (χ0) is 17.7. The molecule has 2 rings (SSSR count). The SMILES string of the molecule is COC(=O)c1cc(CNC(=O)C(C)C(N)c2ccccc2)oc1C.Cl. The lowest BCUT2D eigenvalue weighted by Crippen LogP contribution is -2.35. The van der Waals surface area contributed by atoms with E-state index < -0.39 is 17.9 Å². The molecule has 2 aromatic rings. The minimum absolute atomic E-state index is 0. The summed E-state index contributed by atoms with van der Waals surface area (Å²) in [5.41, 5.74) is 7.41. The number of carbonyl (C=O) groups is 2. The molecule has 0 spiro atoms. The van der Waals surface area contributed by atoms with Gasteiger partial charge in [-0.25, -0.2) is 4.79 Å². The first-order valence-electron chi connectivity index (χ1n) is 7.70. The lowest BCUT2D eigenvalue weighted by atomic mass is 9.95. The highest BCUT2D eigenvalue weighted by Gasteiger charge is 2.22. The molecule has 6 nitrogen and oxygen atoms in total. The number of benzene rings is 1. The molecule has 0 aliphatic carbocycles. The second kappa shape index (κ2) is 9.25. The first-order chi connectivity index (χ1) is 11.4. The van der Waals surface area contributed by atoms with E-state index in [-0.39, 0.29) is 24.9 Å². The maximum atomic E-state index is 12.3. The summed E-state index contributed by atoms with van der Waals surface area (Å²) in [5.74, 6) is -0.0984. The normalized spacial score (nSPS) is 12.6. The number of halogens is 1. The van der Waals surface area contributed by atoms with Crippen LogP contribution in [0.2, 0.25) is 0 Å². The smallest absolute Gasteiger partial charge is 0.341 e. The van der Waals surface area contributed by atoms with Gasteiger partial charge in [0.2, 0.25) is 5.91 Å². The van der Waals surface area contributed by atoms with Gasteiger partial charge in [-0.3, -0.25) is 4.79 Å². The standard InChI is InChI=1S/C18H22N2O4.ClH/c1-11(16(19)13-7-5-4-6-8-13)17(21)20-10-14-9-15(12(2)24-14)18(22)23-3;/h4-9,11,16H,10,19H2,1-3H3,(H,20,21);1H. The Bertz CT molecular complexity index is 715. The number of aryl methyl sites for hydroxylation is 1. The van der Waals surface area contributed by atoms with Crippen molar-refractivity contribution in [3.05, 3.63) is 59.0 Å². The highest BCUT2D eigenvalue weighted by molar-refractivity contribution is 5.90. The van der Waals surface area contributed by atoms with Crippen LogP contribution in [0.4, 0.5) is 0 Å². The first-order valence-corrected chi connectivity index (χ1v) is 7.70. The average Bonchev–Trinajstić information content (AvgIpc) is 2.99. The van der Waals surface area contributed by atoms with Gasteiger partial charge in [0.05, 0.1) is 19.6 Å². The van der Waals surface area contributed by atoms with Gasteiger partial charge in [0.1, 0.15) is 17.1 Å². The highest BCUT2D eigenvalue weighted by atomic mass is 35.5. The Morgan fingerprint density at radius 3 is 2.52 bits per heavy atom. The van der Waals surface area contributed by atoms with E-state index in [9.17, 15) is 9.59 Å². The fourth-order valence-electron chi connectivity index (χ4n) is 2.41. The predicted molar refractivity (Wildman–Crippen MR) is 96.4 cm³/mol. The van der Waals surface area contributed by atoms with Crippen molar-refractivity contribution in [1.82, 2.24) is 5.32 Å². The van der Waals surface area contributed by atoms with E-state index in [1.807, 2.05) is 30.3 Å². The molecule has 0 bridgehead atoms. The van der Waals surface area contributed by atoms with Gasteiger partial charge in [0, 0.05) is 6.04 Å². The zero-order valence-corrected chi connectivity index (χ0v) is 15.3. The fraction of sp³-hybridized carbons (Fsp3) is 0.333. The molecule has 25 heavy (non-hydrogen) atoms. The van der Waals surface area contributed by atoms with Crippen molar-refractivity contribution in [2.24, 2.45) is 11.7 Å². The summed E-state index contributed by atoms with van der Waals surface area (Å²) in [5, 5.41) is 2.78. The number of esters is 1. The largest absolute Gasteiger partial charge is 0.465 e. The van der Waals surface area contributed by atoms with E-state index in [4.69, 9.17) is 10.2 Å². The molecule has 0 fully saturated rings. The Kier molecular flexibility index (Phi) is 7.67. The predicted octanol–water partition coefficient (Wildman–Crippen LogP) is 2.75. The topological polar surface area (TPSA) is 94.6 Å². The van der Waals surface area contributed by atoms with Gasteiger partial charge in [0.15, 0.2) is 0 Å². The van der Waals surface area contributed by atoms with Gasteiger partial charge in [-0.15, -0.1) is 12.4 Å². The Labute approximate surface area is 153 Å². The van der Waals surface area contributed by atoms with Gasteiger partial charge in [-0.05, 0) is 18.6 Å². The number of carbonyl (C=O) groups excluding carboxylic acids is 2. The number of nitrogens with one attached hydrogen (secondary N) is 1. The molecule has 0 aliphatic rings. The van der Waals surface area contributed by atoms with Crippen LogP contribution < -0.4 is 11.1 Å². The molecule has 136 valence electrons. The Morgan fingerprint density at radius 2 is 1.92 bits per heavy atom. The molecule has 3 N–H and O–H groups in total. The van der Waals surface area contributed by atoms with Crippen LogP contribution in [0.1, 0.15) is 40.4 Å². The number of methoxy groups -OCH3 is 1. The van der Waals surface area contributed by atoms with Crippen molar-refractivity contribution >= 4 is 24.3 Å². The quantitative estimate of drug-likeness (QED) is 0.766. The molecule has 0 saturated carbocycles. The fourth-order valence-corrected chi connectivity index (χ4v) is 2.41. The molecule has 1 aromatic carbocycles. The van der Waals surface area contributed by atoms with Crippen molar-refractivity contribution in [2.75, 3.05) is 7.11 Å². The lowest BCUT2D eigenvalue weighted by molar-refractivity contribution is -0.125. The van der Waals surface area contributed by atoms with Crippen LogP contribution in [0.3, 0.4) is 0 Å². The van der Waals surface area contributed by atoms with E-state index in [1.54, 1.807) is 19.9 Å². The number of furan rings is 1. The van der Waals surface area contributed by atoms with Crippen molar-refractivity contribution in [1.29, 1.82) is 0 Å². The molecule has 2 atom stereocenters.